The summed E-state index contributed by atoms with van der Waals surface area (Å²) in [6, 6.07) is 22.1. The molecule has 30 heavy (non-hydrogen) atoms. The lowest BCUT2D eigenvalue weighted by atomic mass is 9.79. The summed E-state index contributed by atoms with van der Waals surface area (Å²) in [5.41, 5.74) is 2.92. The zero-order valence-corrected chi connectivity index (χ0v) is 17.4. The number of aliphatic hydroxyl groups is 1. The van der Waals surface area contributed by atoms with Gasteiger partial charge < -0.3 is 10.0 Å². The van der Waals surface area contributed by atoms with Crippen molar-refractivity contribution in [1.82, 2.24) is 0 Å². The van der Waals surface area contributed by atoms with E-state index in [1.54, 1.807) is 48.2 Å². The molecule has 0 unspecified atom stereocenters. The van der Waals surface area contributed by atoms with Crippen LogP contribution in [-0.4, -0.2) is 16.8 Å². The van der Waals surface area contributed by atoms with Crippen LogP contribution in [0.4, 0.5) is 5.69 Å². The maximum Gasteiger partial charge on any atom is 0.264 e. The lowest BCUT2D eigenvalue weighted by Gasteiger charge is -2.29. The summed E-state index contributed by atoms with van der Waals surface area (Å²) in [6.07, 6.45) is 0. The quantitative estimate of drug-likeness (QED) is 0.640. The third kappa shape index (κ3) is 3.14. The van der Waals surface area contributed by atoms with E-state index in [4.69, 9.17) is 0 Å². The molecule has 4 nitrogen and oxygen atoms in total. The Balaban J connectivity index is 1.76. The van der Waals surface area contributed by atoms with Gasteiger partial charge in [-0.15, -0.1) is 0 Å². The molecule has 3 aromatic rings. The molecule has 1 aliphatic heterocycles. The largest absolute Gasteiger partial charge is 0.375 e. The Kier molecular flexibility index (Phi) is 5.04. The number of carbonyl (C=O) groups excluding carboxylic acids is 2. The van der Waals surface area contributed by atoms with Crippen LogP contribution in [0.2, 0.25) is 0 Å². The van der Waals surface area contributed by atoms with Crippen LogP contribution < -0.4 is 4.90 Å². The van der Waals surface area contributed by atoms with Gasteiger partial charge in [0, 0.05) is 11.1 Å². The summed E-state index contributed by atoms with van der Waals surface area (Å²) in [6.45, 7) is 6.00. The Morgan fingerprint density at radius 1 is 1.00 bits per heavy atom. The fourth-order valence-corrected chi connectivity index (χ4v) is 4.22. The Labute approximate surface area is 176 Å². The Morgan fingerprint density at radius 2 is 1.67 bits per heavy atom. The van der Waals surface area contributed by atoms with Gasteiger partial charge >= 0.3 is 0 Å². The van der Waals surface area contributed by atoms with Crippen molar-refractivity contribution in [2.24, 2.45) is 5.92 Å². The molecule has 1 heterocycles. The number of rotatable bonds is 5. The van der Waals surface area contributed by atoms with Gasteiger partial charge in [0.15, 0.2) is 11.4 Å². The fraction of sp³-hybridized carbons (Fsp3) is 0.231. The molecule has 0 aliphatic carbocycles. The maximum atomic E-state index is 13.6. The SMILES string of the molecule is Cc1ccc(C)c(CN2C(=O)[C@@](O)([C@@H](C)C(=O)c3ccccc3)c3ccccc32)c1. The molecule has 1 amide bonds. The predicted octanol–water partition coefficient (Wildman–Crippen LogP) is 4.56. The van der Waals surface area contributed by atoms with E-state index in [2.05, 4.69) is 6.07 Å². The van der Waals surface area contributed by atoms with E-state index in [0.29, 0.717) is 23.4 Å². The number of aryl methyl sites for hydroxylation is 2. The van der Waals surface area contributed by atoms with Crippen molar-refractivity contribution < 1.29 is 14.7 Å². The lowest BCUT2D eigenvalue weighted by molar-refractivity contribution is -0.139. The first kappa shape index (κ1) is 20.0. The number of para-hydroxylation sites is 1. The number of hydrogen-bond donors (Lipinski definition) is 1. The summed E-state index contributed by atoms with van der Waals surface area (Å²) in [4.78, 5) is 28.3. The van der Waals surface area contributed by atoms with Gasteiger partial charge in [-0.1, -0.05) is 79.2 Å². The number of fused-ring (bicyclic) bond motifs is 1. The zero-order chi connectivity index (χ0) is 21.5. The molecule has 4 rings (SSSR count). The Hall–Kier alpha value is -3.24. The van der Waals surface area contributed by atoms with Crippen molar-refractivity contribution >= 4 is 17.4 Å². The van der Waals surface area contributed by atoms with E-state index in [-0.39, 0.29) is 5.78 Å². The average molecular weight is 399 g/mol. The second kappa shape index (κ2) is 7.54. The standard InChI is InChI=1S/C26H25NO3/c1-17-13-14-18(2)21(15-17)16-27-23-12-8-7-11-22(23)26(30,25(27)29)19(3)24(28)20-9-5-4-6-10-20/h4-15,19,30H,16H2,1-3H3/t19-,26+/m0/s1. The van der Waals surface area contributed by atoms with Crippen molar-refractivity contribution in [3.63, 3.8) is 0 Å². The second-order valence-corrected chi connectivity index (χ2v) is 8.06. The van der Waals surface area contributed by atoms with E-state index in [1.807, 2.05) is 44.2 Å². The molecule has 0 saturated heterocycles. The van der Waals surface area contributed by atoms with Gasteiger partial charge in [-0.2, -0.15) is 0 Å². The van der Waals surface area contributed by atoms with Gasteiger partial charge in [-0.25, -0.2) is 0 Å². The van der Waals surface area contributed by atoms with Crippen LogP contribution in [0.3, 0.4) is 0 Å². The van der Waals surface area contributed by atoms with Gasteiger partial charge in [-0.05, 0) is 31.0 Å². The summed E-state index contributed by atoms with van der Waals surface area (Å²) >= 11 is 0. The third-order valence-corrected chi connectivity index (χ3v) is 6.09. The molecule has 152 valence electrons. The van der Waals surface area contributed by atoms with Crippen LogP contribution in [0.5, 0.6) is 0 Å². The lowest BCUT2D eigenvalue weighted by Crippen LogP contribution is -2.47. The number of ketones is 1. The van der Waals surface area contributed by atoms with E-state index >= 15 is 0 Å². The third-order valence-electron chi connectivity index (χ3n) is 6.09. The first-order chi connectivity index (χ1) is 14.3. The minimum atomic E-state index is -1.90. The van der Waals surface area contributed by atoms with Crippen molar-refractivity contribution in [2.75, 3.05) is 4.90 Å². The van der Waals surface area contributed by atoms with E-state index in [1.165, 1.54) is 0 Å². The summed E-state index contributed by atoms with van der Waals surface area (Å²) in [7, 11) is 0. The molecule has 0 spiro atoms. The first-order valence-corrected chi connectivity index (χ1v) is 10.1. The second-order valence-electron chi connectivity index (χ2n) is 8.06. The topological polar surface area (TPSA) is 57.6 Å². The normalized spacial score (nSPS) is 18.9. The number of Topliss-reactive ketones (excluding diaryl/α,β-unsaturated/α-hetero) is 1. The minimum absolute atomic E-state index is 0.255. The van der Waals surface area contributed by atoms with Gasteiger partial charge in [0.2, 0.25) is 0 Å². The molecular weight excluding hydrogens is 374 g/mol. The Morgan fingerprint density at radius 3 is 2.40 bits per heavy atom. The molecule has 1 aliphatic rings. The van der Waals surface area contributed by atoms with Crippen LogP contribution >= 0.6 is 0 Å². The number of anilines is 1. The molecule has 4 heteroatoms. The first-order valence-electron chi connectivity index (χ1n) is 10.1. The summed E-state index contributed by atoms with van der Waals surface area (Å²) in [5, 5.41) is 11.7. The van der Waals surface area contributed by atoms with Crippen molar-refractivity contribution in [1.29, 1.82) is 0 Å². The molecule has 1 N–H and O–H groups in total. The van der Waals surface area contributed by atoms with Crippen LogP contribution in [0.15, 0.2) is 72.8 Å². The number of benzene rings is 3. The molecule has 2 atom stereocenters. The molecule has 0 radical (unpaired) electrons. The Bertz CT molecular complexity index is 1120. The molecule has 0 bridgehead atoms. The van der Waals surface area contributed by atoms with Crippen molar-refractivity contribution in [3.05, 3.63) is 101 Å². The van der Waals surface area contributed by atoms with Crippen molar-refractivity contribution in [2.45, 2.75) is 32.9 Å². The predicted molar refractivity (Wildman–Crippen MR) is 117 cm³/mol. The number of carbonyl (C=O) groups is 2. The van der Waals surface area contributed by atoms with E-state index in [9.17, 15) is 14.7 Å². The fourth-order valence-electron chi connectivity index (χ4n) is 4.22. The zero-order valence-electron chi connectivity index (χ0n) is 17.4. The van der Waals surface area contributed by atoms with Crippen molar-refractivity contribution in [3.8, 4) is 0 Å². The molecule has 0 saturated carbocycles. The molecule has 3 aromatic carbocycles. The molecule has 0 fully saturated rings. The number of nitrogens with zero attached hydrogens (tertiary/aromatic N) is 1. The summed E-state index contributed by atoms with van der Waals surface area (Å²) in [5.74, 6) is -1.63. The van der Waals surface area contributed by atoms with Crippen LogP contribution in [-0.2, 0) is 16.9 Å². The van der Waals surface area contributed by atoms with E-state index < -0.39 is 17.4 Å². The maximum absolute atomic E-state index is 13.6. The highest BCUT2D eigenvalue weighted by Crippen LogP contribution is 2.46. The highest BCUT2D eigenvalue weighted by atomic mass is 16.3. The smallest absolute Gasteiger partial charge is 0.264 e. The number of hydrogen-bond acceptors (Lipinski definition) is 3. The van der Waals surface area contributed by atoms with Gasteiger partial charge in [0.05, 0.1) is 18.2 Å². The van der Waals surface area contributed by atoms with Gasteiger partial charge in [0.25, 0.3) is 5.91 Å². The van der Waals surface area contributed by atoms with Crippen LogP contribution in [0.25, 0.3) is 0 Å². The van der Waals surface area contributed by atoms with Gasteiger partial charge in [-0.3, -0.25) is 9.59 Å². The minimum Gasteiger partial charge on any atom is -0.375 e. The van der Waals surface area contributed by atoms with E-state index in [0.717, 1.165) is 16.7 Å². The molecular formula is C26H25NO3. The highest BCUT2D eigenvalue weighted by Gasteiger charge is 2.55. The summed E-state index contributed by atoms with van der Waals surface area (Å²) < 4.78 is 0. The van der Waals surface area contributed by atoms with Gasteiger partial charge in [0.1, 0.15) is 0 Å². The monoisotopic (exact) mass is 399 g/mol. The highest BCUT2D eigenvalue weighted by molar-refractivity contribution is 6.11. The molecule has 0 aromatic heterocycles. The average Bonchev–Trinajstić information content (AvgIpc) is 2.98. The van der Waals surface area contributed by atoms with Crippen LogP contribution in [0.1, 0.15) is 39.5 Å². The van der Waals surface area contributed by atoms with Crippen LogP contribution in [0, 0.1) is 19.8 Å². The number of amides is 1.